The van der Waals surface area contributed by atoms with Crippen LogP contribution in [-0.2, 0) is 0 Å². The lowest BCUT2D eigenvalue weighted by Gasteiger charge is -2.05. The van der Waals surface area contributed by atoms with Crippen molar-refractivity contribution < 1.29 is 0 Å². The van der Waals surface area contributed by atoms with Crippen molar-refractivity contribution in [3.63, 3.8) is 0 Å². The molecule has 0 saturated heterocycles. The Bertz CT molecular complexity index is 296. The highest BCUT2D eigenvalue weighted by molar-refractivity contribution is 14.1. The molecule has 0 nitrogen and oxygen atoms in total. The molecule has 0 amide bonds. The topological polar surface area (TPSA) is 0 Å². The second kappa shape index (κ2) is 5.34. The van der Waals surface area contributed by atoms with Gasteiger partial charge in [0.1, 0.15) is 0 Å². The Morgan fingerprint density at radius 3 is 2.15 bits per heavy atom. The SMILES string of the molecule is CC(C)c1ccc(/C(I)=C/I)cc1. The van der Waals surface area contributed by atoms with Gasteiger partial charge in [0, 0.05) is 3.58 Å². The molecule has 1 aromatic carbocycles. The number of rotatable bonds is 2. The molecular formula is C11H12I2. The smallest absolute Gasteiger partial charge is 0.0263 e. The van der Waals surface area contributed by atoms with Crippen LogP contribution >= 0.6 is 45.2 Å². The Morgan fingerprint density at radius 2 is 1.77 bits per heavy atom. The fourth-order valence-electron chi connectivity index (χ4n) is 1.09. The Labute approximate surface area is 107 Å². The Hall–Kier alpha value is 0.420. The number of halogens is 2. The molecule has 0 aromatic heterocycles. The third kappa shape index (κ3) is 3.23. The number of hydrogen-bond donors (Lipinski definition) is 0. The zero-order valence-corrected chi connectivity index (χ0v) is 12.0. The Morgan fingerprint density at radius 1 is 1.23 bits per heavy atom. The van der Waals surface area contributed by atoms with Crippen molar-refractivity contribution in [3.8, 4) is 0 Å². The van der Waals surface area contributed by atoms with Crippen molar-refractivity contribution in [1.29, 1.82) is 0 Å². The van der Waals surface area contributed by atoms with E-state index in [0.717, 1.165) is 0 Å². The summed E-state index contributed by atoms with van der Waals surface area (Å²) in [4.78, 5) is 0. The molecule has 0 aliphatic rings. The van der Waals surface area contributed by atoms with E-state index < -0.39 is 0 Å². The summed E-state index contributed by atoms with van der Waals surface area (Å²) in [6.45, 7) is 4.43. The largest absolute Gasteiger partial charge is 0.0587 e. The summed E-state index contributed by atoms with van der Waals surface area (Å²) >= 11 is 4.62. The highest BCUT2D eigenvalue weighted by Gasteiger charge is 1.99. The van der Waals surface area contributed by atoms with E-state index in [9.17, 15) is 0 Å². The van der Waals surface area contributed by atoms with Gasteiger partial charge < -0.3 is 0 Å². The molecule has 1 rings (SSSR count). The summed E-state index contributed by atoms with van der Waals surface area (Å²) in [6, 6.07) is 8.79. The summed E-state index contributed by atoms with van der Waals surface area (Å²) in [7, 11) is 0. The van der Waals surface area contributed by atoms with E-state index in [2.05, 4.69) is 87.4 Å². The van der Waals surface area contributed by atoms with Gasteiger partial charge in [0.2, 0.25) is 0 Å². The summed E-state index contributed by atoms with van der Waals surface area (Å²) in [5, 5.41) is 0. The van der Waals surface area contributed by atoms with Crippen LogP contribution in [0.2, 0.25) is 0 Å². The first-order chi connectivity index (χ1) is 6.15. The summed E-state index contributed by atoms with van der Waals surface area (Å²) < 4.78 is 3.40. The molecule has 0 bridgehead atoms. The van der Waals surface area contributed by atoms with Crippen molar-refractivity contribution in [3.05, 3.63) is 39.5 Å². The van der Waals surface area contributed by atoms with E-state index in [0.29, 0.717) is 5.92 Å². The summed E-state index contributed by atoms with van der Waals surface area (Å²) in [6.07, 6.45) is 0. The molecular weight excluding hydrogens is 386 g/mol. The van der Waals surface area contributed by atoms with Gasteiger partial charge in [-0.15, -0.1) is 0 Å². The van der Waals surface area contributed by atoms with Crippen LogP contribution in [0.5, 0.6) is 0 Å². The second-order valence-electron chi connectivity index (χ2n) is 3.23. The minimum Gasteiger partial charge on any atom is -0.0587 e. The molecule has 0 heterocycles. The van der Waals surface area contributed by atoms with Crippen LogP contribution in [0.15, 0.2) is 28.3 Å². The fourth-order valence-corrected chi connectivity index (χ4v) is 1.81. The molecule has 0 aliphatic carbocycles. The van der Waals surface area contributed by atoms with E-state index in [-0.39, 0.29) is 0 Å². The zero-order chi connectivity index (χ0) is 9.84. The molecule has 0 aliphatic heterocycles. The molecule has 0 fully saturated rings. The van der Waals surface area contributed by atoms with Crippen LogP contribution in [0.25, 0.3) is 3.58 Å². The first kappa shape index (κ1) is 11.5. The quantitative estimate of drug-likeness (QED) is 0.617. The van der Waals surface area contributed by atoms with E-state index in [1.165, 1.54) is 14.7 Å². The molecule has 0 spiro atoms. The van der Waals surface area contributed by atoms with E-state index >= 15 is 0 Å². The molecule has 70 valence electrons. The molecule has 0 unspecified atom stereocenters. The number of hydrogen-bond acceptors (Lipinski definition) is 0. The average molecular weight is 398 g/mol. The first-order valence-corrected chi connectivity index (χ1v) is 6.53. The molecule has 0 radical (unpaired) electrons. The van der Waals surface area contributed by atoms with Crippen LogP contribution in [0.1, 0.15) is 30.9 Å². The van der Waals surface area contributed by atoms with E-state index in [4.69, 9.17) is 0 Å². The molecule has 0 N–H and O–H groups in total. The minimum atomic E-state index is 0.621. The highest BCUT2D eigenvalue weighted by Crippen LogP contribution is 2.25. The molecule has 0 saturated carbocycles. The van der Waals surface area contributed by atoms with Gasteiger partial charge in [-0.3, -0.25) is 0 Å². The van der Waals surface area contributed by atoms with Crippen LogP contribution in [0.3, 0.4) is 0 Å². The van der Waals surface area contributed by atoms with Crippen LogP contribution in [-0.4, -0.2) is 0 Å². The van der Waals surface area contributed by atoms with Crippen molar-refractivity contribution in [1.82, 2.24) is 0 Å². The van der Waals surface area contributed by atoms with Gasteiger partial charge in [-0.25, -0.2) is 0 Å². The van der Waals surface area contributed by atoms with Gasteiger partial charge in [0.25, 0.3) is 0 Å². The van der Waals surface area contributed by atoms with Crippen LogP contribution in [0.4, 0.5) is 0 Å². The third-order valence-corrected chi connectivity index (χ3v) is 4.70. The van der Waals surface area contributed by atoms with Crippen LogP contribution < -0.4 is 0 Å². The highest BCUT2D eigenvalue weighted by atomic mass is 127. The van der Waals surface area contributed by atoms with Crippen molar-refractivity contribution in [2.24, 2.45) is 0 Å². The number of benzene rings is 1. The van der Waals surface area contributed by atoms with Gasteiger partial charge in [-0.05, 0) is 43.7 Å². The molecule has 0 atom stereocenters. The van der Waals surface area contributed by atoms with Gasteiger partial charge in [0.05, 0.1) is 0 Å². The first-order valence-electron chi connectivity index (χ1n) is 4.21. The standard InChI is InChI=1S/C11H12I2/c1-8(2)9-3-5-10(6-4-9)11(13)7-12/h3-8H,1-2H3/b11-7-. The van der Waals surface area contributed by atoms with Crippen molar-refractivity contribution in [2.45, 2.75) is 19.8 Å². The Kier molecular flexibility index (Phi) is 4.72. The van der Waals surface area contributed by atoms with E-state index in [1.807, 2.05) is 0 Å². The monoisotopic (exact) mass is 398 g/mol. The average Bonchev–Trinajstić information content (AvgIpc) is 2.17. The van der Waals surface area contributed by atoms with Gasteiger partial charge in [0.15, 0.2) is 0 Å². The predicted molar refractivity (Wildman–Crippen MR) is 76.5 cm³/mol. The lowest BCUT2D eigenvalue weighted by Crippen LogP contribution is -1.86. The predicted octanol–water partition coefficient (Wildman–Crippen LogP) is 4.98. The maximum atomic E-state index is 2.35. The third-order valence-electron chi connectivity index (χ3n) is 1.95. The van der Waals surface area contributed by atoms with Crippen molar-refractivity contribution >= 4 is 48.8 Å². The summed E-state index contributed by atoms with van der Waals surface area (Å²) in [5.74, 6) is 0.621. The van der Waals surface area contributed by atoms with Gasteiger partial charge >= 0.3 is 0 Å². The van der Waals surface area contributed by atoms with E-state index in [1.54, 1.807) is 0 Å². The van der Waals surface area contributed by atoms with Gasteiger partial charge in [-0.1, -0.05) is 60.7 Å². The molecule has 1 aromatic rings. The maximum Gasteiger partial charge on any atom is 0.0263 e. The molecule has 13 heavy (non-hydrogen) atoms. The minimum absolute atomic E-state index is 0.621. The molecule has 2 heteroatoms. The lowest BCUT2D eigenvalue weighted by molar-refractivity contribution is 0.866. The summed E-state index contributed by atoms with van der Waals surface area (Å²) in [5.41, 5.74) is 2.71. The van der Waals surface area contributed by atoms with Crippen LogP contribution in [0, 0.1) is 0 Å². The van der Waals surface area contributed by atoms with Crippen molar-refractivity contribution in [2.75, 3.05) is 0 Å². The normalized spacial score (nSPS) is 12.2. The fraction of sp³-hybridized carbons (Fsp3) is 0.273. The maximum absolute atomic E-state index is 2.35. The second-order valence-corrected chi connectivity index (χ2v) is 5.02. The Balaban J connectivity index is 2.94. The zero-order valence-electron chi connectivity index (χ0n) is 7.72. The van der Waals surface area contributed by atoms with Gasteiger partial charge in [-0.2, -0.15) is 0 Å². The lowest BCUT2D eigenvalue weighted by atomic mass is 10.0.